The number of carbonyl (C=O) groups excluding carboxylic acids is 2. The van der Waals surface area contributed by atoms with Gasteiger partial charge in [0.15, 0.2) is 0 Å². The molecule has 1 atom stereocenters. The standard InChI is InChI=1S/C18H14ClN3O2S/c1-18(11-6-2-3-7-12(11)19)16(23)22(17(24)21-18)10-15-20-13-8-4-5-9-14(13)25-15/h2-9H,10H2,1H3,(H,21,24)/t18-/m0/s1. The summed E-state index contributed by atoms with van der Waals surface area (Å²) in [6.07, 6.45) is 0. The minimum atomic E-state index is -1.17. The first kappa shape index (κ1) is 16.1. The van der Waals surface area contributed by atoms with Gasteiger partial charge in [-0.15, -0.1) is 11.3 Å². The van der Waals surface area contributed by atoms with Crippen LogP contribution in [0.5, 0.6) is 0 Å². The summed E-state index contributed by atoms with van der Waals surface area (Å²) in [6.45, 7) is 1.82. The van der Waals surface area contributed by atoms with Crippen LogP contribution in [-0.4, -0.2) is 21.8 Å². The second-order valence-corrected chi connectivity index (χ2v) is 7.52. The van der Waals surface area contributed by atoms with Crippen LogP contribution in [0.2, 0.25) is 5.02 Å². The quantitative estimate of drug-likeness (QED) is 0.710. The number of hydrogen-bond donors (Lipinski definition) is 1. The molecule has 0 spiro atoms. The molecule has 25 heavy (non-hydrogen) atoms. The average molecular weight is 372 g/mol. The zero-order chi connectivity index (χ0) is 17.6. The van der Waals surface area contributed by atoms with Gasteiger partial charge in [-0.05, 0) is 25.1 Å². The van der Waals surface area contributed by atoms with Gasteiger partial charge in [-0.3, -0.25) is 9.69 Å². The van der Waals surface area contributed by atoms with Crippen LogP contribution in [-0.2, 0) is 16.9 Å². The molecule has 126 valence electrons. The molecule has 1 saturated heterocycles. The van der Waals surface area contributed by atoms with Crippen molar-refractivity contribution in [1.82, 2.24) is 15.2 Å². The summed E-state index contributed by atoms with van der Waals surface area (Å²) in [5, 5.41) is 3.93. The summed E-state index contributed by atoms with van der Waals surface area (Å²) < 4.78 is 1.03. The minimum absolute atomic E-state index is 0.143. The molecule has 2 aromatic carbocycles. The maximum Gasteiger partial charge on any atom is 0.325 e. The number of aromatic nitrogens is 1. The first-order chi connectivity index (χ1) is 12.0. The smallest absolute Gasteiger partial charge is 0.319 e. The maximum atomic E-state index is 13.0. The fraction of sp³-hybridized carbons (Fsp3) is 0.167. The number of amides is 3. The lowest BCUT2D eigenvalue weighted by molar-refractivity contribution is -0.131. The van der Waals surface area contributed by atoms with E-state index >= 15 is 0 Å². The molecule has 5 nitrogen and oxygen atoms in total. The van der Waals surface area contributed by atoms with Crippen LogP contribution in [0, 0.1) is 0 Å². The van der Waals surface area contributed by atoms with Crippen LogP contribution in [0.15, 0.2) is 48.5 Å². The Kier molecular flexibility index (Phi) is 3.74. The molecule has 4 rings (SSSR count). The summed E-state index contributed by atoms with van der Waals surface area (Å²) >= 11 is 7.71. The van der Waals surface area contributed by atoms with Crippen LogP contribution >= 0.6 is 22.9 Å². The molecule has 1 aliphatic rings. The predicted octanol–water partition coefficient (Wildman–Crippen LogP) is 3.92. The van der Waals surface area contributed by atoms with Crippen molar-refractivity contribution in [1.29, 1.82) is 0 Å². The molecule has 3 aromatic rings. The number of urea groups is 1. The van der Waals surface area contributed by atoms with Gasteiger partial charge in [0.2, 0.25) is 0 Å². The number of fused-ring (bicyclic) bond motifs is 1. The zero-order valence-electron chi connectivity index (χ0n) is 13.3. The van der Waals surface area contributed by atoms with Gasteiger partial charge < -0.3 is 5.32 Å². The Balaban J connectivity index is 1.66. The van der Waals surface area contributed by atoms with Crippen LogP contribution < -0.4 is 5.32 Å². The Labute approximate surface area is 153 Å². The highest BCUT2D eigenvalue weighted by atomic mass is 35.5. The van der Waals surface area contributed by atoms with Crippen molar-refractivity contribution in [2.24, 2.45) is 0 Å². The highest BCUT2D eigenvalue weighted by Gasteiger charge is 2.50. The van der Waals surface area contributed by atoms with E-state index in [0.29, 0.717) is 15.6 Å². The molecule has 1 fully saturated rings. The molecule has 0 unspecified atom stereocenters. The van der Waals surface area contributed by atoms with Gasteiger partial charge in [0.05, 0.1) is 16.8 Å². The Bertz CT molecular complexity index is 970. The van der Waals surface area contributed by atoms with Gasteiger partial charge in [-0.1, -0.05) is 41.9 Å². The van der Waals surface area contributed by atoms with Crippen LogP contribution in [0.3, 0.4) is 0 Å². The number of rotatable bonds is 3. The lowest BCUT2D eigenvalue weighted by Gasteiger charge is -2.23. The summed E-state index contributed by atoms with van der Waals surface area (Å²) in [7, 11) is 0. The normalized spacial score (nSPS) is 20.3. The maximum absolute atomic E-state index is 13.0. The van der Waals surface area contributed by atoms with E-state index in [-0.39, 0.29) is 12.5 Å². The number of halogens is 1. The van der Waals surface area contributed by atoms with E-state index in [2.05, 4.69) is 10.3 Å². The van der Waals surface area contributed by atoms with Gasteiger partial charge in [0.1, 0.15) is 10.5 Å². The monoisotopic (exact) mass is 371 g/mol. The number of benzene rings is 2. The van der Waals surface area contributed by atoms with Crippen molar-refractivity contribution in [2.75, 3.05) is 0 Å². The van der Waals surface area contributed by atoms with E-state index < -0.39 is 11.6 Å². The summed E-state index contributed by atoms with van der Waals surface area (Å²) in [5.74, 6) is -0.329. The minimum Gasteiger partial charge on any atom is -0.319 e. The highest BCUT2D eigenvalue weighted by Crippen LogP contribution is 2.34. The van der Waals surface area contributed by atoms with E-state index in [0.717, 1.165) is 10.2 Å². The SMILES string of the molecule is C[C@@]1(c2ccccc2Cl)NC(=O)N(Cc2nc3ccccc3s2)C1=O. The molecule has 0 radical (unpaired) electrons. The molecule has 1 N–H and O–H groups in total. The van der Waals surface area contributed by atoms with Crippen molar-refractivity contribution < 1.29 is 9.59 Å². The largest absolute Gasteiger partial charge is 0.325 e. The van der Waals surface area contributed by atoms with Gasteiger partial charge in [0, 0.05) is 10.6 Å². The topological polar surface area (TPSA) is 62.3 Å². The fourth-order valence-electron chi connectivity index (χ4n) is 3.01. The fourth-order valence-corrected chi connectivity index (χ4v) is 4.29. The summed E-state index contributed by atoms with van der Waals surface area (Å²) in [6, 6.07) is 14.3. The Morgan fingerprint density at radius 2 is 1.88 bits per heavy atom. The molecular weight excluding hydrogens is 358 g/mol. The van der Waals surface area contributed by atoms with Gasteiger partial charge in [0.25, 0.3) is 5.91 Å². The first-order valence-electron chi connectivity index (χ1n) is 7.72. The Morgan fingerprint density at radius 3 is 2.64 bits per heavy atom. The molecule has 2 heterocycles. The van der Waals surface area contributed by atoms with Crippen LogP contribution in [0.1, 0.15) is 17.5 Å². The number of hydrogen-bond acceptors (Lipinski definition) is 4. The molecule has 0 aliphatic carbocycles. The lowest BCUT2D eigenvalue weighted by atomic mass is 9.92. The molecule has 0 saturated carbocycles. The molecular formula is C18H14ClN3O2S. The molecule has 3 amide bonds. The Morgan fingerprint density at radius 1 is 1.16 bits per heavy atom. The number of imide groups is 1. The first-order valence-corrected chi connectivity index (χ1v) is 8.92. The highest BCUT2D eigenvalue weighted by molar-refractivity contribution is 7.18. The van der Waals surface area contributed by atoms with Gasteiger partial charge in [-0.2, -0.15) is 0 Å². The summed E-state index contributed by atoms with van der Waals surface area (Å²) in [4.78, 5) is 31.1. The average Bonchev–Trinajstić information content (AvgIpc) is 3.10. The second-order valence-electron chi connectivity index (χ2n) is 6.00. The Hall–Kier alpha value is -2.44. The van der Waals surface area contributed by atoms with E-state index in [1.165, 1.54) is 16.2 Å². The van der Waals surface area contributed by atoms with E-state index in [9.17, 15) is 9.59 Å². The third kappa shape index (κ3) is 2.58. The van der Waals surface area contributed by atoms with E-state index in [4.69, 9.17) is 11.6 Å². The number of nitrogens with one attached hydrogen (secondary N) is 1. The number of thiazole rings is 1. The van der Waals surface area contributed by atoms with E-state index in [1.807, 2.05) is 24.3 Å². The molecule has 7 heteroatoms. The predicted molar refractivity (Wildman–Crippen MR) is 97.5 cm³/mol. The van der Waals surface area contributed by atoms with Gasteiger partial charge >= 0.3 is 6.03 Å². The third-order valence-electron chi connectivity index (χ3n) is 4.32. The number of nitrogens with zero attached hydrogens (tertiary/aromatic N) is 2. The zero-order valence-corrected chi connectivity index (χ0v) is 14.9. The molecule has 1 aliphatic heterocycles. The van der Waals surface area contributed by atoms with Crippen molar-refractivity contribution in [2.45, 2.75) is 19.0 Å². The second kappa shape index (κ2) is 5.82. The van der Waals surface area contributed by atoms with Crippen LogP contribution in [0.4, 0.5) is 4.79 Å². The van der Waals surface area contributed by atoms with Gasteiger partial charge in [-0.25, -0.2) is 9.78 Å². The van der Waals surface area contributed by atoms with Crippen molar-refractivity contribution in [3.8, 4) is 0 Å². The van der Waals surface area contributed by atoms with Crippen molar-refractivity contribution in [3.63, 3.8) is 0 Å². The number of para-hydroxylation sites is 1. The third-order valence-corrected chi connectivity index (χ3v) is 5.67. The molecule has 0 bridgehead atoms. The number of carbonyl (C=O) groups is 2. The van der Waals surface area contributed by atoms with Crippen LogP contribution in [0.25, 0.3) is 10.2 Å². The lowest BCUT2D eigenvalue weighted by Crippen LogP contribution is -2.41. The molecule has 1 aromatic heterocycles. The van der Waals surface area contributed by atoms with Crippen molar-refractivity contribution in [3.05, 3.63) is 64.1 Å². The van der Waals surface area contributed by atoms with E-state index in [1.54, 1.807) is 31.2 Å². The summed E-state index contributed by atoms with van der Waals surface area (Å²) in [5.41, 5.74) is 0.275. The van der Waals surface area contributed by atoms with Crippen molar-refractivity contribution >= 4 is 45.1 Å².